The smallest absolute Gasteiger partial charge is 0.200 e. The maximum Gasteiger partial charge on any atom is 0.200 e. The van der Waals surface area contributed by atoms with Gasteiger partial charge in [0.25, 0.3) is 0 Å². The highest BCUT2D eigenvalue weighted by atomic mass is 19.1. The summed E-state index contributed by atoms with van der Waals surface area (Å²) in [5, 5.41) is 16.8. The minimum atomic E-state index is -0.191. The SMILES string of the molecule is CN=C(NCc1cc(OC)c(O)c(OC)c1)NC1CCCN(c2cc(C)ccc2F)C1. The lowest BCUT2D eigenvalue weighted by molar-refractivity contribution is 0.339. The van der Waals surface area contributed by atoms with Crippen molar-refractivity contribution in [2.45, 2.75) is 32.4 Å². The number of methoxy groups -OCH3 is 2. The Labute approximate surface area is 182 Å². The molecule has 2 aromatic rings. The Balaban J connectivity index is 1.63. The van der Waals surface area contributed by atoms with Crippen molar-refractivity contribution in [2.75, 3.05) is 39.3 Å². The summed E-state index contributed by atoms with van der Waals surface area (Å²) in [5.41, 5.74) is 2.57. The van der Waals surface area contributed by atoms with E-state index in [4.69, 9.17) is 9.47 Å². The number of guanidine groups is 1. The third-order valence-corrected chi connectivity index (χ3v) is 5.43. The molecule has 1 fully saturated rings. The molecule has 2 aromatic carbocycles. The summed E-state index contributed by atoms with van der Waals surface area (Å²) in [4.78, 5) is 6.41. The molecule has 1 heterocycles. The van der Waals surface area contributed by atoms with Crippen LogP contribution >= 0.6 is 0 Å². The van der Waals surface area contributed by atoms with Crippen molar-refractivity contribution in [1.82, 2.24) is 10.6 Å². The molecule has 7 nitrogen and oxygen atoms in total. The van der Waals surface area contributed by atoms with E-state index < -0.39 is 0 Å². The van der Waals surface area contributed by atoms with Crippen molar-refractivity contribution < 1.29 is 19.0 Å². The van der Waals surface area contributed by atoms with Gasteiger partial charge < -0.3 is 30.1 Å². The van der Waals surface area contributed by atoms with Gasteiger partial charge in [0.2, 0.25) is 5.75 Å². The van der Waals surface area contributed by atoms with Gasteiger partial charge in [-0.1, -0.05) is 6.07 Å². The van der Waals surface area contributed by atoms with E-state index in [1.807, 2.05) is 13.0 Å². The number of phenols is 1. The first-order valence-electron chi connectivity index (χ1n) is 10.4. The first-order valence-corrected chi connectivity index (χ1v) is 10.4. The molecule has 0 aliphatic carbocycles. The lowest BCUT2D eigenvalue weighted by atomic mass is 10.0. The molecule has 0 radical (unpaired) electrons. The van der Waals surface area contributed by atoms with Gasteiger partial charge in [0, 0.05) is 32.7 Å². The zero-order chi connectivity index (χ0) is 22.4. The third kappa shape index (κ3) is 5.51. The van der Waals surface area contributed by atoms with Crippen LogP contribution < -0.4 is 25.0 Å². The molecule has 0 aromatic heterocycles. The van der Waals surface area contributed by atoms with E-state index >= 15 is 0 Å². The van der Waals surface area contributed by atoms with Gasteiger partial charge in [-0.15, -0.1) is 0 Å². The number of phenolic OH excluding ortho intramolecular Hbond substituents is 1. The van der Waals surface area contributed by atoms with Crippen molar-refractivity contribution in [3.8, 4) is 17.2 Å². The van der Waals surface area contributed by atoms with Gasteiger partial charge >= 0.3 is 0 Å². The molecule has 1 saturated heterocycles. The van der Waals surface area contributed by atoms with Crippen molar-refractivity contribution in [3.63, 3.8) is 0 Å². The summed E-state index contributed by atoms with van der Waals surface area (Å²) in [5.74, 6) is 1.14. The van der Waals surface area contributed by atoms with Crippen LogP contribution in [0.5, 0.6) is 17.2 Å². The number of aromatic hydroxyl groups is 1. The highest BCUT2D eigenvalue weighted by Gasteiger charge is 2.23. The topological polar surface area (TPSA) is 78.4 Å². The molecule has 3 rings (SSSR count). The number of ether oxygens (including phenoxy) is 2. The fourth-order valence-electron chi connectivity index (χ4n) is 3.80. The molecule has 0 amide bonds. The lowest BCUT2D eigenvalue weighted by Gasteiger charge is -2.35. The number of halogens is 1. The van der Waals surface area contributed by atoms with Crippen LogP contribution in [0, 0.1) is 12.7 Å². The molecule has 1 unspecified atom stereocenters. The van der Waals surface area contributed by atoms with Crippen LogP contribution in [0.15, 0.2) is 35.3 Å². The molecule has 1 aliphatic heterocycles. The number of benzene rings is 2. The summed E-state index contributed by atoms with van der Waals surface area (Å²) in [7, 11) is 4.71. The molecule has 1 aliphatic rings. The Hall–Kier alpha value is -3.16. The Morgan fingerprint density at radius 2 is 1.94 bits per heavy atom. The second-order valence-corrected chi connectivity index (χ2v) is 7.66. The highest BCUT2D eigenvalue weighted by molar-refractivity contribution is 5.80. The van der Waals surface area contributed by atoms with Crippen LogP contribution in [-0.2, 0) is 6.54 Å². The van der Waals surface area contributed by atoms with E-state index in [1.165, 1.54) is 20.3 Å². The summed E-state index contributed by atoms with van der Waals surface area (Å²) in [6.07, 6.45) is 1.94. The van der Waals surface area contributed by atoms with E-state index in [2.05, 4.69) is 20.5 Å². The molecular formula is C23H31FN4O3. The quantitative estimate of drug-likeness (QED) is 0.483. The number of piperidine rings is 1. The summed E-state index contributed by atoms with van der Waals surface area (Å²) < 4.78 is 24.8. The molecule has 3 N–H and O–H groups in total. The molecular weight excluding hydrogens is 399 g/mol. The van der Waals surface area contributed by atoms with Crippen molar-refractivity contribution in [3.05, 3.63) is 47.3 Å². The normalized spacial score (nSPS) is 16.7. The first-order chi connectivity index (χ1) is 14.9. The average molecular weight is 431 g/mol. The molecule has 0 spiro atoms. The monoisotopic (exact) mass is 430 g/mol. The number of aryl methyl sites for hydroxylation is 1. The predicted molar refractivity (Wildman–Crippen MR) is 121 cm³/mol. The molecule has 1 atom stereocenters. The van der Waals surface area contributed by atoms with Gasteiger partial charge in [0.05, 0.1) is 19.9 Å². The molecule has 0 saturated carbocycles. The van der Waals surface area contributed by atoms with Crippen LogP contribution in [0.2, 0.25) is 0 Å². The van der Waals surface area contributed by atoms with Crippen molar-refractivity contribution in [1.29, 1.82) is 0 Å². The number of nitrogens with zero attached hydrogens (tertiary/aromatic N) is 2. The number of hydrogen-bond acceptors (Lipinski definition) is 5. The van der Waals surface area contributed by atoms with Gasteiger partial charge in [-0.2, -0.15) is 0 Å². The third-order valence-electron chi connectivity index (χ3n) is 5.43. The van der Waals surface area contributed by atoms with Crippen LogP contribution in [0.4, 0.5) is 10.1 Å². The second-order valence-electron chi connectivity index (χ2n) is 7.66. The van der Waals surface area contributed by atoms with E-state index in [0.717, 1.165) is 30.5 Å². The Morgan fingerprint density at radius 3 is 2.58 bits per heavy atom. The van der Waals surface area contributed by atoms with Gasteiger partial charge in [0.1, 0.15) is 5.82 Å². The van der Waals surface area contributed by atoms with Crippen LogP contribution in [-0.4, -0.2) is 51.5 Å². The number of nitrogens with one attached hydrogen (secondary N) is 2. The first kappa shape index (κ1) is 22.5. The minimum absolute atomic E-state index is 0.0260. The number of anilines is 1. The summed E-state index contributed by atoms with van der Waals surface area (Å²) in [6, 6.07) is 8.86. The van der Waals surface area contributed by atoms with E-state index in [9.17, 15) is 9.50 Å². The predicted octanol–water partition coefficient (Wildman–Crippen LogP) is 3.19. The summed E-state index contributed by atoms with van der Waals surface area (Å²) in [6.45, 7) is 3.97. The van der Waals surface area contributed by atoms with Crippen molar-refractivity contribution >= 4 is 11.6 Å². The molecule has 0 bridgehead atoms. The Bertz CT molecular complexity index is 910. The molecule has 31 heavy (non-hydrogen) atoms. The number of hydrogen-bond donors (Lipinski definition) is 3. The standard InChI is InChI=1S/C23H31FN4O3/c1-15-7-8-18(24)19(10-15)28-9-5-6-17(14-28)27-23(25-2)26-13-16-11-20(30-3)22(29)21(12-16)31-4/h7-8,10-12,17,29H,5-6,9,13-14H2,1-4H3,(H2,25,26,27). The fourth-order valence-corrected chi connectivity index (χ4v) is 3.80. The van der Waals surface area contributed by atoms with E-state index in [0.29, 0.717) is 36.2 Å². The van der Waals surface area contributed by atoms with Crippen molar-refractivity contribution in [2.24, 2.45) is 4.99 Å². The van der Waals surface area contributed by atoms with Gasteiger partial charge in [0.15, 0.2) is 17.5 Å². The van der Waals surface area contributed by atoms with Gasteiger partial charge in [-0.25, -0.2) is 4.39 Å². The Morgan fingerprint density at radius 1 is 1.23 bits per heavy atom. The largest absolute Gasteiger partial charge is 0.502 e. The lowest BCUT2D eigenvalue weighted by Crippen LogP contribution is -2.51. The van der Waals surface area contributed by atoms with Gasteiger partial charge in [-0.3, -0.25) is 4.99 Å². The zero-order valence-corrected chi connectivity index (χ0v) is 18.5. The average Bonchev–Trinajstić information content (AvgIpc) is 2.79. The zero-order valence-electron chi connectivity index (χ0n) is 18.5. The fraction of sp³-hybridized carbons (Fsp3) is 0.435. The number of rotatable bonds is 6. The maximum absolute atomic E-state index is 14.3. The van der Waals surface area contributed by atoms with E-state index in [1.54, 1.807) is 25.2 Å². The number of aliphatic imine (C=N–C) groups is 1. The minimum Gasteiger partial charge on any atom is -0.502 e. The van der Waals surface area contributed by atoms with Crippen LogP contribution in [0.1, 0.15) is 24.0 Å². The molecule has 8 heteroatoms. The second kappa shape index (κ2) is 10.2. The van der Waals surface area contributed by atoms with E-state index in [-0.39, 0.29) is 17.6 Å². The molecule has 168 valence electrons. The van der Waals surface area contributed by atoms with Gasteiger partial charge in [-0.05, 0) is 55.2 Å². The summed E-state index contributed by atoms with van der Waals surface area (Å²) >= 11 is 0. The highest BCUT2D eigenvalue weighted by Crippen LogP contribution is 2.37. The van der Waals surface area contributed by atoms with Crippen LogP contribution in [0.25, 0.3) is 0 Å². The van der Waals surface area contributed by atoms with Crippen LogP contribution in [0.3, 0.4) is 0 Å². The Kier molecular flexibility index (Phi) is 7.44. The maximum atomic E-state index is 14.3.